The number of hydrogen-bond acceptors (Lipinski definition) is 11. The minimum absolute atomic E-state index is 0.00333. The molecule has 0 bridgehead atoms. The Kier molecular flexibility index (Phi) is 21.4. The molecule has 7 atom stereocenters. The zero-order valence-electron chi connectivity index (χ0n) is 36.3. The van der Waals surface area contributed by atoms with Gasteiger partial charge in [-0.05, 0) is 113 Å². The molecule has 2 unspecified atom stereocenters. The summed E-state index contributed by atoms with van der Waals surface area (Å²) in [4.78, 5) is 38.2. The second-order valence-corrected chi connectivity index (χ2v) is 17.4. The molecule has 0 amide bonds. The maximum Gasteiger partial charge on any atom is 0.332 e. The Morgan fingerprint density at radius 2 is 1.32 bits per heavy atom. The third-order valence-electron chi connectivity index (χ3n) is 11.7. The average molecular weight is 893 g/mol. The van der Waals surface area contributed by atoms with Gasteiger partial charge in [-0.15, -0.1) is 0 Å². The van der Waals surface area contributed by atoms with Crippen LogP contribution in [0.5, 0.6) is 0 Å². The Morgan fingerprint density at radius 1 is 0.778 bits per heavy atom. The number of esters is 3. The van der Waals surface area contributed by atoms with Crippen LogP contribution in [0.3, 0.4) is 0 Å². The summed E-state index contributed by atoms with van der Waals surface area (Å²) in [6, 6.07) is 9.93. The number of ether oxygens (including phenoxy) is 5. The summed E-state index contributed by atoms with van der Waals surface area (Å²) in [6.07, 6.45) is 5.22. The molecule has 1 saturated carbocycles. The van der Waals surface area contributed by atoms with E-state index < -0.39 is 91.7 Å². The lowest BCUT2D eigenvalue weighted by Crippen LogP contribution is -2.38. The topological polar surface area (TPSA) is 158 Å². The van der Waals surface area contributed by atoms with E-state index in [4.69, 9.17) is 23.7 Å². The fourth-order valence-corrected chi connectivity index (χ4v) is 7.85. The average Bonchev–Trinajstić information content (AvgIpc) is 3.52. The number of aliphatic hydroxyl groups excluding tert-OH is 3. The first-order chi connectivity index (χ1) is 30.0. The number of aryl methyl sites for hydroxylation is 1. The van der Waals surface area contributed by atoms with Gasteiger partial charge in [-0.25, -0.2) is 9.59 Å². The van der Waals surface area contributed by atoms with E-state index in [1.807, 2.05) is 54.3 Å². The van der Waals surface area contributed by atoms with E-state index in [1.54, 1.807) is 6.92 Å². The largest absolute Gasteiger partial charge is 0.465 e. The third kappa shape index (κ3) is 20.2. The van der Waals surface area contributed by atoms with Crippen LogP contribution in [-0.2, 0) is 44.5 Å². The van der Waals surface area contributed by atoms with Crippen LogP contribution >= 0.6 is 0 Å². The lowest BCUT2D eigenvalue weighted by molar-refractivity contribution is -0.166. The molecular weight excluding hydrogens is 829 g/mol. The minimum atomic E-state index is -3.14. The van der Waals surface area contributed by atoms with Crippen molar-refractivity contribution in [2.45, 2.75) is 158 Å². The second kappa shape index (κ2) is 26.1. The highest BCUT2D eigenvalue weighted by Gasteiger charge is 2.41. The standard InChI is InChI=1S/C48H64F4O11/c1-46(33-62-44(57)30-59-37-15-9-11-25-47(49,50)27-23-37,34-63-45(58)31-60-38-16-10-12-26-48(51,52)28-24-38)32-61-43(56)18-8-3-2-7-17-39-40(42(55)29-41(39)54)22-21-36(53)20-19-35-13-5-4-6-14-35/h2,4-7,13-14,36-42,53-55H,3,8-10,15-24,27-34H2,1H3/b7-2-/t36-,37?,38?,39+,40+,41-,42+,46?/m0/s1. The summed E-state index contributed by atoms with van der Waals surface area (Å²) in [5, 5.41) is 31.9. The molecule has 0 saturated heterocycles. The molecular formula is C48H64F4O11. The number of benzene rings is 1. The van der Waals surface area contributed by atoms with Crippen molar-refractivity contribution in [2.24, 2.45) is 17.3 Å². The Hall–Kier alpha value is -3.99. The van der Waals surface area contributed by atoms with E-state index in [-0.39, 0.29) is 70.2 Å². The molecule has 15 heteroatoms. The molecule has 63 heavy (non-hydrogen) atoms. The number of hydrogen-bond donors (Lipinski definition) is 3. The Balaban J connectivity index is 1.21. The van der Waals surface area contributed by atoms with Gasteiger partial charge < -0.3 is 39.0 Å². The summed E-state index contributed by atoms with van der Waals surface area (Å²) >= 11 is 0. The van der Waals surface area contributed by atoms with Gasteiger partial charge in [0.2, 0.25) is 0 Å². The summed E-state index contributed by atoms with van der Waals surface area (Å²) < 4.78 is 82.5. The summed E-state index contributed by atoms with van der Waals surface area (Å²) in [5.41, 5.74) is -0.0707. The number of carbonyl (C=O) groups excluding carboxylic acids is 3. The van der Waals surface area contributed by atoms with Crippen molar-refractivity contribution in [3.05, 3.63) is 48.0 Å². The predicted octanol–water partition coefficient (Wildman–Crippen LogP) is 7.07. The zero-order chi connectivity index (χ0) is 45.7. The highest BCUT2D eigenvalue weighted by atomic mass is 19.3. The van der Waals surface area contributed by atoms with Crippen LogP contribution < -0.4 is 0 Å². The van der Waals surface area contributed by atoms with Crippen molar-refractivity contribution in [3.63, 3.8) is 0 Å². The third-order valence-corrected chi connectivity index (χ3v) is 11.7. The Morgan fingerprint density at radius 3 is 1.89 bits per heavy atom. The number of rotatable bonds is 24. The quantitative estimate of drug-likeness (QED) is 0.0244. The van der Waals surface area contributed by atoms with Gasteiger partial charge in [0, 0.05) is 32.1 Å². The van der Waals surface area contributed by atoms with Crippen molar-refractivity contribution in [2.75, 3.05) is 33.0 Å². The molecule has 3 aliphatic carbocycles. The molecule has 0 aliphatic heterocycles. The molecule has 4 rings (SSSR count). The molecule has 3 N–H and O–H groups in total. The minimum Gasteiger partial charge on any atom is -0.465 e. The monoisotopic (exact) mass is 892 g/mol. The highest BCUT2D eigenvalue weighted by molar-refractivity contribution is 5.71. The molecule has 0 spiro atoms. The predicted molar refractivity (Wildman–Crippen MR) is 224 cm³/mol. The molecule has 3 aliphatic rings. The van der Waals surface area contributed by atoms with Crippen LogP contribution in [0.15, 0.2) is 42.5 Å². The van der Waals surface area contributed by atoms with E-state index in [9.17, 15) is 47.3 Å². The van der Waals surface area contributed by atoms with Gasteiger partial charge in [0.1, 0.15) is 33.0 Å². The summed E-state index contributed by atoms with van der Waals surface area (Å²) in [5.74, 6) is -0.0183. The van der Waals surface area contributed by atoms with Crippen molar-refractivity contribution >= 4 is 17.9 Å². The van der Waals surface area contributed by atoms with Gasteiger partial charge in [-0.1, -0.05) is 54.3 Å². The molecule has 1 fully saturated rings. The number of halogens is 4. The van der Waals surface area contributed by atoms with Crippen LogP contribution in [0.25, 0.3) is 0 Å². The van der Waals surface area contributed by atoms with Gasteiger partial charge >= 0.3 is 29.8 Å². The fraction of sp³-hybridized carbons (Fsp3) is 0.688. The van der Waals surface area contributed by atoms with E-state index in [0.29, 0.717) is 51.4 Å². The van der Waals surface area contributed by atoms with E-state index in [1.165, 1.54) is 0 Å². The molecule has 0 heterocycles. The number of aliphatic hydroxyl groups is 3. The summed E-state index contributed by atoms with van der Waals surface area (Å²) in [6.45, 7) is -0.501. The lowest BCUT2D eigenvalue weighted by atomic mass is 9.85. The van der Waals surface area contributed by atoms with Gasteiger partial charge in [0.05, 0.1) is 35.9 Å². The molecule has 1 aromatic rings. The smallest absolute Gasteiger partial charge is 0.332 e. The van der Waals surface area contributed by atoms with Crippen LogP contribution in [-0.4, -0.2) is 109 Å². The van der Waals surface area contributed by atoms with Crippen LogP contribution in [0.2, 0.25) is 0 Å². The van der Waals surface area contributed by atoms with E-state index >= 15 is 0 Å². The first kappa shape index (κ1) is 51.6. The van der Waals surface area contributed by atoms with Crippen molar-refractivity contribution in [3.8, 4) is 23.7 Å². The highest BCUT2D eigenvalue weighted by Crippen LogP contribution is 2.38. The van der Waals surface area contributed by atoms with Gasteiger partial charge in [-0.2, -0.15) is 17.6 Å². The molecule has 350 valence electrons. The van der Waals surface area contributed by atoms with Crippen molar-refractivity contribution in [1.29, 1.82) is 0 Å². The number of unbranched alkanes of at least 4 members (excludes halogenated alkanes) is 1. The van der Waals surface area contributed by atoms with Gasteiger partial charge in [0.25, 0.3) is 0 Å². The van der Waals surface area contributed by atoms with Crippen LogP contribution in [0, 0.1) is 40.9 Å². The van der Waals surface area contributed by atoms with Crippen molar-refractivity contribution < 1.29 is 70.9 Å². The van der Waals surface area contributed by atoms with Crippen LogP contribution in [0.1, 0.15) is 115 Å². The number of carbonyl (C=O) groups is 3. The lowest BCUT2D eigenvalue weighted by Gasteiger charge is -2.28. The van der Waals surface area contributed by atoms with Gasteiger partial charge in [0.15, 0.2) is 0 Å². The SMILES string of the molecule is CC(COC(=O)CCC/C=C\C[C@@H]1[C@@H](CC[C@@H](O)CCc2ccccc2)[C@H](O)C[C@@H]1O)(COC(=O)COC1CCC#CC(F)(F)CC1)COC(=O)COC1CCC#CC(F)(F)CC1. The Labute approximate surface area is 368 Å². The first-order valence-corrected chi connectivity index (χ1v) is 22.2. The van der Waals surface area contributed by atoms with E-state index in [0.717, 1.165) is 12.0 Å². The molecule has 1 aromatic carbocycles. The zero-order valence-corrected chi connectivity index (χ0v) is 36.3. The normalized spacial score (nSPS) is 25.7. The Bertz CT molecular complexity index is 1670. The molecule has 11 nitrogen and oxygen atoms in total. The fourth-order valence-electron chi connectivity index (χ4n) is 7.85. The second-order valence-electron chi connectivity index (χ2n) is 17.4. The van der Waals surface area contributed by atoms with Gasteiger partial charge in [-0.3, -0.25) is 4.79 Å². The number of allylic oxidation sites excluding steroid dienone is 2. The number of alkyl halides is 4. The molecule has 0 aromatic heterocycles. The maximum atomic E-state index is 13.8. The van der Waals surface area contributed by atoms with E-state index in [2.05, 4.69) is 11.8 Å². The van der Waals surface area contributed by atoms with Crippen molar-refractivity contribution in [1.82, 2.24) is 0 Å². The van der Waals surface area contributed by atoms with Crippen LogP contribution in [0.4, 0.5) is 17.6 Å². The maximum absolute atomic E-state index is 13.8. The first-order valence-electron chi connectivity index (χ1n) is 22.2. The molecule has 0 radical (unpaired) electrons. The summed E-state index contributed by atoms with van der Waals surface area (Å²) in [7, 11) is 0.